The molecule has 0 radical (unpaired) electrons. The van der Waals surface area contributed by atoms with Gasteiger partial charge >= 0.3 is 11.9 Å². The summed E-state index contributed by atoms with van der Waals surface area (Å²) in [6.45, 7) is 0.920. The fraction of sp³-hybridized carbons (Fsp3) is 0.300. The van der Waals surface area contributed by atoms with E-state index in [2.05, 4.69) is 31.2 Å². The van der Waals surface area contributed by atoms with Gasteiger partial charge in [0.15, 0.2) is 5.82 Å². The molecule has 3 atom stereocenters. The van der Waals surface area contributed by atoms with E-state index in [-0.39, 0.29) is 23.1 Å². The van der Waals surface area contributed by atoms with Crippen LogP contribution in [-0.2, 0) is 9.59 Å². The smallest absolute Gasteiger partial charge is 0.326 e. The molecule has 0 aliphatic carbocycles. The van der Waals surface area contributed by atoms with Crippen LogP contribution in [0.15, 0.2) is 29.1 Å². The second kappa shape index (κ2) is 10.3. The van der Waals surface area contributed by atoms with Crippen molar-refractivity contribution in [3.63, 3.8) is 0 Å². The van der Waals surface area contributed by atoms with E-state index in [1.165, 1.54) is 12.1 Å². The van der Waals surface area contributed by atoms with Crippen LogP contribution in [0.2, 0.25) is 0 Å². The minimum atomic E-state index is -1.46. The predicted octanol–water partition coefficient (Wildman–Crippen LogP) is -0.406. The molecule has 3 rings (SSSR count). The number of benzene rings is 1. The normalized spacial score (nSPS) is 16.1. The third-order valence-corrected chi connectivity index (χ3v) is 5.11. The van der Waals surface area contributed by atoms with Crippen molar-refractivity contribution in [2.45, 2.75) is 18.5 Å². The maximum absolute atomic E-state index is 12.4. The lowest BCUT2D eigenvalue weighted by Gasteiger charge is -2.27. The highest BCUT2D eigenvalue weighted by Crippen LogP contribution is 2.20. The fourth-order valence-electron chi connectivity index (χ4n) is 3.29. The number of carbonyl (C=O) groups is 3. The maximum Gasteiger partial charge on any atom is 0.326 e. The molecule has 1 amide bonds. The Morgan fingerprint density at radius 2 is 1.94 bits per heavy atom. The van der Waals surface area contributed by atoms with Gasteiger partial charge in [-0.1, -0.05) is 0 Å². The molecule has 2 aromatic rings. The zero-order chi connectivity index (χ0) is 24.8. The number of fused-ring (bicyclic) bond motifs is 1. The zero-order valence-electron chi connectivity index (χ0n) is 17.8. The number of nitrogens with zero attached hydrogens (tertiary/aromatic N) is 1. The van der Waals surface area contributed by atoms with Gasteiger partial charge in [-0.2, -0.15) is 4.98 Å². The van der Waals surface area contributed by atoms with E-state index < -0.39 is 36.2 Å². The summed E-state index contributed by atoms with van der Waals surface area (Å²) in [5.74, 6) is -4.36. The largest absolute Gasteiger partial charge is 0.481 e. The van der Waals surface area contributed by atoms with E-state index in [4.69, 9.17) is 16.2 Å². The van der Waals surface area contributed by atoms with Crippen LogP contribution in [-0.4, -0.2) is 69.4 Å². The number of carbonyl (C=O) groups excluding carboxylic acids is 1. The van der Waals surface area contributed by atoms with E-state index in [0.29, 0.717) is 36.5 Å². The van der Waals surface area contributed by atoms with Crippen molar-refractivity contribution in [3.8, 4) is 0 Å². The highest BCUT2D eigenvalue weighted by molar-refractivity contribution is 5.97. The van der Waals surface area contributed by atoms with Gasteiger partial charge in [0.25, 0.3) is 11.5 Å². The number of H-pyrrole nitrogens is 1. The summed E-state index contributed by atoms with van der Waals surface area (Å²) in [4.78, 5) is 53.4. The number of aromatic nitrogens is 2. The third kappa shape index (κ3) is 5.79. The molecule has 0 fully saturated rings. The first kappa shape index (κ1) is 24.0. The summed E-state index contributed by atoms with van der Waals surface area (Å²) >= 11 is 0. The van der Waals surface area contributed by atoms with Crippen molar-refractivity contribution in [1.29, 1.82) is 5.41 Å². The molecule has 2 heterocycles. The standard InChI is InChI=1S/C20H24N8O6/c21-6-10(18(31)32)5-13(19(33)34)26-16(29)9-1-3-11(4-2-9)23-7-12-8-24-15-14(25-12)17(30)28-20(22)27-15/h1-4,6,10,12-13,21,23,25H,5,7-8H2,(H,26,29)(H,31,32)(H,33,34)(H4,22,24,27,28,30)/t10?,12?,13-/m0/s1. The van der Waals surface area contributed by atoms with Crippen molar-refractivity contribution in [1.82, 2.24) is 15.3 Å². The topological polar surface area (TPSA) is 235 Å². The van der Waals surface area contributed by atoms with Crippen LogP contribution in [0.1, 0.15) is 16.8 Å². The zero-order valence-corrected chi connectivity index (χ0v) is 17.8. The molecule has 180 valence electrons. The first-order valence-electron chi connectivity index (χ1n) is 10.2. The summed E-state index contributed by atoms with van der Waals surface area (Å²) in [5, 5.41) is 37.0. The molecule has 0 saturated heterocycles. The van der Waals surface area contributed by atoms with Crippen LogP contribution < -0.4 is 32.6 Å². The Hall–Kier alpha value is -4.62. The Balaban J connectivity index is 1.56. The number of aromatic amines is 1. The number of hydrogen-bond donors (Lipinski definition) is 9. The SMILES string of the molecule is N=CC(C[C@H](NC(=O)c1ccc(NCC2CNc3nc(N)[nH]c(=O)c3N2)cc1)C(=O)O)C(=O)O. The van der Waals surface area contributed by atoms with Crippen LogP contribution in [0.25, 0.3) is 0 Å². The minimum Gasteiger partial charge on any atom is -0.481 e. The van der Waals surface area contributed by atoms with E-state index in [9.17, 15) is 24.3 Å². The van der Waals surface area contributed by atoms with Gasteiger partial charge in [-0.3, -0.25) is 19.4 Å². The Bertz CT molecular complexity index is 1150. The lowest BCUT2D eigenvalue weighted by atomic mass is 10.0. The molecule has 1 aromatic heterocycles. The lowest BCUT2D eigenvalue weighted by molar-refractivity contribution is -0.141. The van der Waals surface area contributed by atoms with Gasteiger partial charge in [-0.15, -0.1) is 0 Å². The summed E-state index contributed by atoms with van der Waals surface area (Å²) < 4.78 is 0. The number of anilines is 4. The average molecular weight is 472 g/mol. The fourth-order valence-corrected chi connectivity index (χ4v) is 3.29. The predicted molar refractivity (Wildman–Crippen MR) is 124 cm³/mol. The second-order valence-electron chi connectivity index (χ2n) is 7.57. The lowest BCUT2D eigenvalue weighted by Crippen LogP contribution is -2.43. The number of amides is 1. The number of rotatable bonds is 10. The summed E-state index contributed by atoms with van der Waals surface area (Å²) in [6, 6.07) is 4.62. The molecule has 10 N–H and O–H groups in total. The molecule has 1 aliphatic heterocycles. The van der Waals surface area contributed by atoms with Gasteiger partial charge < -0.3 is 42.6 Å². The number of nitrogens with one attached hydrogen (secondary N) is 6. The minimum absolute atomic E-state index is 0.0184. The summed E-state index contributed by atoms with van der Waals surface area (Å²) in [7, 11) is 0. The number of carboxylic acid groups (broad SMARTS) is 2. The summed E-state index contributed by atoms with van der Waals surface area (Å²) in [6.07, 6.45) is 0.179. The van der Waals surface area contributed by atoms with Crippen LogP contribution in [0, 0.1) is 11.3 Å². The second-order valence-corrected chi connectivity index (χ2v) is 7.57. The van der Waals surface area contributed by atoms with E-state index in [1.807, 2.05) is 0 Å². The molecule has 1 aromatic carbocycles. The Morgan fingerprint density at radius 1 is 1.24 bits per heavy atom. The molecule has 0 bridgehead atoms. The molecular weight excluding hydrogens is 448 g/mol. The molecule has 2 unspecified atom stereocenters. The van der Waals surface area contributed by atoms with Crippen molar-refractivity contribution < 1.29 is 24.6 Å². The van der Waals surface area contributed by atoms with Gasteiger partial charge in [0, 0.05) is 30.6 Å². The van der Waals surface area contributed by atoms with Crippen molar-refractivity contribution >= 4 is 47.2 Å². The first-order chi connectivity index (χ1) is 16.2. The number of nitrogen functional groups attached to an aromatic ring is 1. The maximum atomic E-state index is 12.4. The molecular formula is C20H24N8O6. The summed E-state index contributed by atoms with van der Waals surface area (Å²) in [5.41, 5.74) is 6.30. The van der Waals surface area contributed by atoms with Crippen LogP contribution in [0.3, 0.4) is 0 Å². The number of carboxylic acids is 2. The van der Waals surface area contributed by atoms with Crippen molar-refractivity contribution in [3.05, 3.63) is 40.2 Å². The highest BCUT2D eigenvalue weighted by Gasteiger charge is 2.27. The van der Waals surface area contributed by atoms with Gasteiger partial charge in [0.2, 0.25) is 5.95 Å². The molecule has 34 heavy (non-hydrogen) atoms. The molecule has 0 saturated carbocycles. The Morgan fingerprint density at radius 3 is 2.56 bits per heavy atom. The third-order valence-electron chi connectivity index (χ3n) is 5.11. The van der Waals surface area contributed by atoms with Gasteiger partial charge in [0.05, 0.1) is 12.0 Å². The molecule has 0 spiro atoms. The Labute approximate surface area is 192 Å². The van der Waals surface area contributed by atoms with Crippen LogP contribution >= 0.6 is 0 Å². The number of nitrogens with two attached hydrogens (primary N) is 1. The molecule has 14 nitrogen and oxygen atoms in total. The van der Waals surface area contributed by atoms with E-state index >= 15 is 0 Å². The van der Waals surface area contributed by atoms with Crippen molar-refractivity contribution in [2.75, 3.05) is 34.8 Å². The highest BCUT2D eigenvalue weighted by atomic mass is 16.4. The first-order valence-corrected chi connectivity index (χ1v) is 10.2. The number of aliphatic carboxylic acids is 2. The van der Waals surface area contributed by atoms with E-state index in [0.717, 1.165) is 0 Å². The van der Waals surface area contributed by atoms with Gasteiger partial charge in [-0.25, -0.2) is 4.79 Å². The quantitative estimate of drug-likeness (QED) is 0.202. The molecule has 1 aliphatic rings. The van der Waals surface area contributed by atoms with Gasteiger partial charge in [0.1, 0.15) is 11.7 Å². The van der Waals surface area contributed by atoms with Crippen molar-refractivity contribution in [2.24, 2.45) is 5.92 Å². The molecule has 14 heteroatoms. The van der Waals surface area contributed by atoms with Gasteiger partial charge in [-0.05, 0) is 30.7 Å². The van der Waals surface area contributed by atoms with Crippen LogP contribution in [0.5, 0.6) is 0 Å². The van der Waals surface area contributed by atoms with Crippen LogP contribution in [0.4, 0.5) is 23.1 Å². The average Bonchev–Trinajstić information content (AvgIpc) is 2.80. The van der Waals surface area contributed by atoms with E-state index in [1.54, 1.807) is 12.1 Å². The number of hydrogen-bond acceptors (Lipinski definition) is 10. The monoisotopic (exact) mass is 472 g/mol. The Kier molecular flexibility index (Phi) is 7.30.